The normalized spacial score (nSPS) is 16.4. The summed E-state index contributed by atoms with van der Waals surface area (Å²) >= 11 is 5.85. The number of nitrogens with one attached hydrogen (secondary N) is 1. The molecule has 1 aliphatic rings. The second kappa shape index (κ2) is 9.40. The van der Waals surface area contributed by atoms with Gasteiger partial charge in [-0.1, -0.05) is 23.7 Å². The van der Waals surface area contributed by atoms with Crippen LogP contribution in [0.25, 0.3) is 0 Å². The van der Waals surface area contributed by atoms with Gasteiger partial charge in [-0.05, 0) is 79.6 Å². The third kappa shape index (κ3) is 5.11. The molecule has 3 aromatic rings. The minimum Gasteiger partial charge on any atom is -0.337 e. The molecule has 0 aromatic heterocycles. The number of hydrogen-bond donors (Lipinski definition) is 1. The van der Waals surface area contributed by atoms with Crippen LogP contribution in [0.2, 0.25) is 5.02 Å². The molecule has 1 saturated heterocycles. The maximum atomic E-state index is 12.9. The zero-order valence-corrected chi connectivity index (χ0v) is 20.7. The summed E-state index contributed by atoms with van der Waals surface area (Å²) in [5.74, 6) is -0.304. The Balaban J connectivity index is 1.43. The number of halogens is 1. The Hall–Kier alpha value is -2.88. The highest BCUT2D eigenvalue weighted by atomic mass is 35.5. The minimum atomic E-state index is -3.76. The number of carbonyl (C=O) groups is 1. The summed E-state index contributed by atoms with van der Waals surface area (Å²) in [4.78, 5) is 14.8. The Kier molecular flexibility index (Phi) is 6.71. The minimum absolute atomic E-state index is 0.0888. The maximum Gasteiger partial charge on any atom is 0.261 e. The van der Waals surface area contributed by atoms with E-state index in [9.17, 15) is 21.6 Å². The Labute approximate surface area is 204 Å². The van der Waals surface area contributed by atoms with Gasteiger partial charge < -0.3 is 4.90 Å². The number of carbonyl (C=O) groups excluding carboxylic acids is 1. The van der Waals surface area contributed by atoms with Crippen LogP contribution in [0.15, 0.2) is 82.6 Å². The summed E-state index contributed by atoms with van der Waals surface area (Å²) in [5, 5.41) is -0.246. The number of benzene rings is 3. The summed E-state index contributed by atoms with van der Waals surface area (Å²) in [6.45, 7) is 2.21. The van der Waals surface area contributed by atoms with Crippen LogP contribution in [0, 0.1) is 6.92 Å². The van der Waals surface area contributed by atoms with Crippen LogP contribution in [-0.2, 0) is 19.9 Å². The molecule has 1 atom stereocenters. The van der Waals surface area contributed by atoms with E-state index in [0.29, 0.717) is 29.2 Å². The first kappa shape index (κ1) is 24.3. The van der Waals surface area contributed by atoms with Gasteiger partial charge in [-0.25, -0.2) is 16.8 Å². The van der Waals surface area contributed by atoms with Gasteiger partial charge in [0.2, 0.25) is 0 Å². The van der Waals surface area contributed by atoms with E-state index in [1.807, 2.05) is 13.0 Å². The number of rotatable bonds is 6. The van der Waals surface area contributed by atoms with Crippen LogP contribution in [0.3, 0.4) is 0 Å². The number of hydrogen-bond acceptors (Lipinski definition) is 5. The number of aryl methyl sites for hydroxylation is 1. The molecule has 178 valence electrons. The van der Waals surface area contributed by atoms with Gasteiger partial charge in [0.1, 0.15) is 0 Å². The summed E-state index contributed by atoms with van der Waals surface area (Å²) < 4.78 is 53.5. The summed E-state index contributed by atoms with van der Waals surface area (Å²) in [5.41, 5.74) is 1.50. The van der Waals surface area contributed by atoms with E-state index in [1.165, 1.54) is 59.5 Å². The fourth-order valence-electron chi connectivity index (χ4n) is 3.84. The van der Waals surface area contributed by atoms with Gasteiger partial charge in [-0.2, -0.15) is 0 Å². The van der Waals surface area contributed by atoms with Crippen molar-refractivity contribution < 1.29 is 21.6 Å². The molecule has 0 bridgehead atoms. The molecule has 34 heavy (non-hydrogen) atoms. The van der Waals surface area contributed by atoms with Crippen LogP contribution in [0.5, 0.6) is 0 Å². The maximum absolute atomic E-state index is 12.9. The van der Waals surface area contributed by atoms with Crippen molar-refractivity contribution in [2.24, 2.45) is 0 Å². The standard InChI is InChI=1S/C24H23ClN2O5S2/c1-17-3-2-4-22(15-17)34(31,32)26-20-9-5-18(6-10-20)24(28)27-14-13-23(16-27)33(29,30)21-11-7-19(25)8-12-21/h2-12,15,23,26H,13-14,16H2,1H3. The fraction of sp³-hybridized carbons (Fsp3) is 0.208. The third-order valence-corrected chi connectivity index (χ3v) is 9.52. The van der Waals surface area contributed by atoms with Crippen molar-refractivity contribution in [1.29, 1.82) is 0 Å². The quantitative estimate of drug-likeness (QED) is 0.528. The lowest BCUT2D eigenvalue weighted by atomic mass is 10.2. The number of amides is 1. The molecular weight excluding hydrogens is 496 g/mol. The van der Waals surface area contributed by atoms with Gasteiger partial charge in [-0.3, -0.25) is 9.52 Å². The number of nitrogens with zero attached hydrogens (tertiary/aromatic N) is 1. The van der Waals surface area contributed by atoms with E-state index < -0.39 is 25.1 Å². The van der Waals surface area contributed by atoms with Crippen molar-refractivity contribution in [3.63, 3.8) is 0 Å². The second-order valence-electron chi connectivity index (χ2n) is 8.16. The van der Waals surface area contributed by atoms with Gasteiger partial charge in [0.05, 0.1) is 15.0 Å². The molecule has 1 heterocycles. The van der Waals surface area contributed by atoms with E-state index in [1.54, 1.807) is 12.1 Å². The average molecular weight is 519 g/mol. The van der Waals surface area contributed by atoms with Gasteiger partial charge in [0, 0.05) is 29.4 Å². The largest absolute Gasteiger partial charge is 0.337 e. The zero-order valence-electron chi connectivity index (χ0n) is 18.3. The highest BCUT2D eigenvalue weighted by Crippen LogP contribution is 2.26. The highest BCUT2D eigenvalue weighted by molar-refractivity contribution is 7.92. The van der Waals surface area contributed by atoms with Crippen LogP contribution in [0.4, 0.5) is 5.69 Å². The first-order chi connectivity index (χ1) is 16.1. The highest BCUT2D eigenvalue weighted by Gasteiger charge is 2.36. The SMILES string of the molecule is Cc1cccc(S(=O)(=O)Nc2ccc(C(=O)N3CCC(S(=O)(=O)c4ccc(Cl)cc4)C3)cc2)c1. The second-order valence-corrected chi connectivity index (χ2v) is 12.5. The molecule has 1 fully saturated rings. The number of anilines is 1. The lowest BCUT2D eigenvalue weighted by Crippen LogP contribution is -2.32. The van der Waals surface area contributed by atoms with Crippen molar-refractivity contribution in [3.05, 3.63) is 88.9 Å². The van der Waals surface area contributed by atoms with Crippen LogP contribution < -0.4 is 4.72 Å². The first-order valence-corrected chi connectivity index (χ1v) is 14.0. The predicted octanol–water partition coefficient (Wildman–Crippen LogP) is 4.14. The first-order valence-electron chi connectivity index (χ1n) is 10.5. The third-order valence-electron chi connectivity index (χ3n) is 5.70. The van der Waals surface area contributed by atoms with Crippen molar-refractivity contribution in [2.75, 3.05) is 17.8 Å². The molecule has 0 spiro atoms. The van der Waals surface area contributed by atoms with Crippen LogP contribution in [-0.4, -0.2) is 46.0 Å². The Morgan fingerprint density at radius 3 is 2.26 bits per heavy atom. The number of sulfonamides is 1. The van der Waals surface area contributed by atoms with Crippen LogP contribution >= 0.6 is 11.6 Å². The van der Waals surface area contributed by atoms with E-state index in [0.717, 1.165) is 5.56 Å². The monoisotopic (exact) mass is 518 g/mol. The smallest absolute Gasteiger partial charge is 0.261 e. The number of likely N-dealkylation sites (tertiary alicyclic amines) is 1. The molecule has 0 saturated carbocycles. The van der Waals surface area contributed by atoms with E-state index in [2.05, 4.69) is 4.72 Å². The number of sulfone groups is 1. The summed E-state index contributed by atoms with van der Waals surface area (Å²) in [7, 11) is -7.35. The fourth-order valence-corrected chi connectivity index (χ4v) is 6.82. The molecule has 1 aliphatic heterocycles. The molecule has 0 radical (unpaired) electrons. The van der Waals surface area contributed by atoms with Gasteiger partial charge in [0.15, 0.2) is 9.84 Å². The molecule has 10 heteroatoms. The molecule has 4 rings (SSSR count). The topological polar surface area (TPSA) is 101 Å². The van der Waals surface area contributed by atoms with Crippen molar-refractivity contribution in [1.82, 2.24) is 4.90 Å². The van der Waals surface area contributed by atoms with Gasteiger partial charge >= 0.3 is 0 Å². The summed E-state index contributed by atoms with van der Waals surface area (Å²) in [6, 6.07) is 18.6. The molecule has 1 N–H and O–H groups in total. The lowest BCUT2D eigenvalue weighted by molar-refractivity contribution is 0.0793. The lowest BCUT2D eigenvalue weighted by Gasteiger charge is -2.17. The molecular formula is C24H23ClN2O5S2. The Morgan fingerprint density at radius 1 is 0.941 bits per heavy atom. The molecule has 1 unspecified atom stereocenters. The summed E-state index contributed by atoms with van der Waals surface area (Å²) in [6.07, 6.45) is 0.338. The van der Waals surface area contributed by atoms with Gasteiger partial charge in [0.25, 0.3) is 15.9 Å². The predicted molar refractivity (Wildman–Crippen MR) is 131 cm³/mol. The zero-order chi connectivity index (χ0) is 24.5. The van der Waals surface area contributed by atoms with Crippen LogP contribution in [0.1, 0.15) is 22.3 Å². The van der Waals surface area contributed by atoms with Gasteiger partial charge in [-0.15, -0.1) is 0 Å². The molecule has 7 nitrogen and oxygen atoms in total. The van der Waals surface area contributed by atoms with E-state index in [4.69, 9.17) is 11.6 Å². The molecule has 1 amide bonds. The van der Waals surface area contributed by atoms with E-state index >= 15 is 0 Å². The van der Waals surface area contributed by atoms with Crippen molar-refractivity contribution in [2.45, 2.75) is 28.4 Å². The van der Waals surface area contributed by atoms with Crippen molar-refractivity contribution in [3.8, 4) is 0 Å². The molecule has 0 aliphatic carbocycles. The Bertz CT molecular complexity index is 1420. The van der Waals surface area contributed by atoms with Crippen molar-refractivity contribution >= 4 is 43.1 Å². The molecule has 3 aromatic carbocycles. The Morgan fingerprint density at radius 2 is 1.62 bits per heavy atom. The van der Waals surface area contributed by atoms with E-state index in [-0.39, 0.29) is 22.2 Å². The average Bonchev–Trinajstić information content (AvgIpc) is 3.30.